The van der Waals surface area contributed by atoms with Gasteiger partial charge in [0.2, 0.25) is 5.95 Å². The zero-order valence-corrected chi connectivity index (χ0v) is 12.7. The molecule has 6 nitrogen and oxygen atoms in total. The van der Waals surface area contributed by atoms with Gasteiger partial charge in [-0.2, -0.15) is 0 Å². The number of methoxy groups -OCH3 is 2. The normalized spacial score (nSPS) is 13.4. The van der Waals surface area contributed by atoms with Crippen molar-refractivity contribution in [2.24, 2.45) is 0 Å². The van der Waals surface area contributed by atoms with E-state index in [9.17, 15) is 4.79 Å². The number of fused-ring (bicyclic) bond motifs is 1. The molecule has 0 bridgehead atoms. The van der Waals surface area contributed by atoms with Gasteiger partial charge in [-0.05, 0) is 37.8 Å². The quantitative estimate of drug-likeness (QED) is 0.907. The summed E-state index contributed by atoms with van der Waals surface area (Å²) in [5, 5.41) is 3.12. The SMILES string of the molecule is COc1ccc(OC)c(Nc2nc3c(c(=O)[nH]2)CCCC3)c1. The van der Waals surface area contributed by atoms with Gasteiger partial charge in [-0.15, -0.1) is 0 Å². The van der Waals surface area contributed by atoms with Gasteiger partial charge in [-0.25, -0.2) is 4.98 Å². The van der Waals surface area contributed by atoms with Crippen LogP contribution in [0.25, 0.3) is 0 Å². The van der Waals surface area contributed by atoms with E-state index in [0.29, 0.717) is 23.1 Å². The number of aromatic nitrogens is 2. The molecule has 0 saturated heterocycles. The van der Waals surface area contributed by atoms with E-state index in [1.165, 1.54) is 0 Å². The fourth-order valence-corrected chi connectivity index (χ4v) is 2.70. The second kappa shape index (κ2) is 6.09. The van der Waals surface area contributed by atoms with E-state index in [0.717, 1.165) is 36.9 Å². The summed E-state index contributed by atoms with van der Waals surface area (Å²) in [7, 11) is 3.20. The molecule has 1 aromatic carbocycles. The highest BCUT2D eigenvalue weighted by Crippen LogP contribution is 2.30. The molecule has 0 saturated carbocycles. The van der Waals surface area contributed by atoms with E-state index >= 15 is 0 Å². The summed E-state index contributed by atoms with van der Waals surface area (Å²) in [4.78, 5) is 19.5. The maximum Gasteiger partial charge on any atom is 0.255 e. The van der Waals surface area contributed by atoms with Crippen molar-refractivity contribution < 1.29 is 9.47 Å². The molecule has 3 rings (SSSR count). The number of ether oxygens (including phenoxy) is 2. The highest BCUT2D eigenvalue weighted by Gasteiger charge is 2.16. The first-order valence-electron chi connectivity index (χ1n) is 7.32. The molecular formula is C16H19N3O3. The van der Waals surface area contributed by atoms with Crippen LogP contribution in [0.2, 0.25) is 0 Å². The Morgan fingerprint density at radius 2 is 2.00 bits per heavy atom. The van der Waals surface area contributed by atoms with Crippen LogP contribution in [0, 0.1) is 0 Å². The number of hydrogen-bond donors (Lipinski definition) is 2. The first-order valence-corrected chi connectivity index (χ1v) is 7.32. The Bertz CT molecular complexity index is 740. The zero-order chi connectivity index (χ0) is 15.5. The van der Waals surface area contributed by atoms with Crippen molar-refractivity contribution in [1.82, 2.24) is 9.97 Å². The summed E-state index contributed by atoms with van der Waals surface area (Å²) < 4.78 is 10.5. The highest BCUT2D eigenvalue weighted by molar-refractivity contribution is 5.65. The Hall–Kier alpha value is -2.50. The molecule has 1 heterocycles. The highest BCUT2D eigenvalue weighted by atomic mass is 16.5. The second-order valence-corrected chi connectivity index (χ2v) is 5.24. The number of benzene rings is 1. The third-order valence-corrected chi connectivity index (χ3v) is 3.85. The largest absolute Gasteiger partial charge is 0.497 e. The maximum atomic E-state index is 12.2. The molecule has 0 amide bonds. The summed E-state index contributed by atoms with van der Waals surface area (Å²) >= 11 is 0. The lowest BCUT2D eigenvalue weighted by Gasteiger charge is -2.16. The number of nitrogens with zero attached hydrogens (tertiary/aromatic N) is 1. The molecule has 0 unspecified atom stereocenters. The lowest BCUT2D eigenvalue weighted by atomic mass is 9.97. The van der Waals surface area contributed by atoms with Crippen molar-refractivity contribution in [1.29, 1.82) is 0 Å². The maximum absolute atomic E-state index is 12.2. The average Bonchev–Trinajstić information content (AvgIpc) is 2.55. The van der Waals surface area contributed by atoms with Crippen molar-refractivity contribution in [3.05, 3.63) is 39.8 Å². The minimum atomic E-state index is -0.0611. The summed E-state index contributed by atoms with van der Waals surface area (Å²) in [6.07, 6.45) is 3.78. The van der Waals surface area contributed by atoms with Gasteiger partial charge >= 0.3 is 0 Å². The van der Waals surface area contributed by atoms with E-state index in [2.05, 4.69) is 15.3 Å². The molecular weight excluding hydrogens is 282 g/mol. The third-order valence-electron chi connectivity index (χ3n) is 3.85. The van der Waals surface area contributed by atoms with E-state index in [-0.39, 0.29) is 5.56 Å². The molecule has 6 heteroatoms. The number of H-pyrrole nitrogens is 1. The minimum Gasteiger partial charge on any atom is -0.497 e. The van der Waals surface area contributed by atoms with Crippen molar-refractivity contribution in [3.63, 3.8) is 0 Å². The van der Waals surface area contributed by atoms with E-state index < -0.39 is 0 Å². The fourth-order valence-electron chi connectivity index (χ4n) is 2.70. The van der Waals surface area contributed by atoms with Gasteiger partial charge in [0.1, 0.15) is 11.5 Å². The predicted molar refractivity (Wildman–Crippen MR) is 84.3 cm³/mol. The molecule has 2 N–H and O–H groups in total. The van der Waals surface area contributed by atoms with E-state index in [1.54, 1.807) is 26.4 Å². The first kappa shape index (κ1) is 14.4. The number of rotatable bonds is 4. The molecule has 1 aliphatic rings. The van der Waals surface area contributed by atoms with Crippen LogP contribution in [0.5, 0.6) is 11.5 Å². The summed E-state index contributed by atoms with van der Waals surface area (Å²) in [5.74, 6) is 1.78. The van der Waals surface area contributed by atoms with E-state index in [1.807, 2.05) is 6.07 Å². The molecule has 0 fully saturated rings. The molecule has 0 radical (unpaired) electrons. The molecule has 0 spiro atoms. The topological polar surface area (TPSA) is 76.2 Å². The van der Waals surface area contributed by atoms with Gasteiger partial charge in [0.05, 0.1) is 25.6 Å². The third kappa shape index (κ3) is 2.77. The van der Waals surface area contributed by atoms with Crippen LogP contribution >= 0.6 is 0 Å². The van der Waals surface area contributed by atoms with Gasteiger partial charge < -0.3 is 14.8 Å². The summed E-state index contributed by atoms with van der Waals surface area (Å²) in [6, 6.07) is 5.42. The molecule has 2 aromatic rings. The lowest BCUT2D eigenvalue weighted by Crippen LogP contribution is -2.22. The smallest absolute Gasteiger partial charge is 0.255 e. The Morgan fingerprint density at radius 3 is 2.77 bits per heavy atom. The van der Waals surface area contributed by atoms with E-state index in [4.69, 9.17) is 9.47 Å². The monoisotopic (exact) mass is 301 g/mol. The Morgan fingerprint density at radius 1 is 1.18 bits per heavy atom. The standard InChI is InChI=1S/C16H19N3O3/c1-21-10-7-8-14(22-2)13(9-10)18-16-17-12-6-4-3-5-11(12)15(20)19-16/h7-9H,3-6H2,1-2H3,(H2,17,18,19,20). The van der Waals surface area contributed by atoms with Crippen molar-refractivity contribution >= 4 is 11.6 Å². The Balaban J connectivity index is 1.96. The lowest BCUT2D eigenvalue weighted by molar-refractivity contribution is 0.405. The minimum absolute atomic E-state index is 0.0611. The van der Waals surface area contributed by atoms with Gasteiger partial charge in [0.25, 0.3) is 5.56 Å². The molecule has 0 atom stereocenters. The van der Waals surface area contributed by atoms with Gasteiger partial charge in [0.15, 0.2) is 0 Å². The van der Waals surface area contributed by atoms with Crippen LogP contribution in [-0.4, -0.2) is 24.2 Å². The van der Waals surface area contributed by atoms with Gasteiger partial charge in [0, 0.05) is 11.6 Å². The number of anilines is 2. The summed E-state index contributed by atoms with van der Waals surface area (Å²) in [5.41, 5.74) is 2.34. The first-order chi connectivity index (χ1) is 10.7. The number of hydrogen-bond acceptors (Lipinski definition) is 5. The van der Waals surface area contributed by atoms with Crippen LogP contribution in [-0.2, 0) is 12.8 Å². The number of aryl methyl sites for hydroxylation is 1. The van der Waals surface area contributed by atoms with Crippen molar-refractivity contribution in [2.45, 2.75) is 25.7 Å². The van der Waals surface area contributed by atoms with Crippen LogP contribution in [0.3, 0.4) is 0 Å². The molecule has 116 valence electrons. The molecule has 22 heavy (non-hydrogen) atoms. The van der Waals surface area contributed by atoms with Crippen LogP contribution in [0.4, 0.5) is 11.6 Å². The average molecular weight is 301 g/mol. The predicted octanol–water partition coefficient (Wildman–Crippen LogP) is 2.41. The zero-order valence-electron chi connectivity index (χ0n) is 12.7. The van der Waals surface area contributed by atoms with Gasteiger partial charge in [-0.3, -0.25) is 9.78 Å². The number of aromatic amines is 1. The number of nitrogens with one attached hydrogen (secondary N) is 2. The summed E-state index contributed by atoms with van der Waals surface area (Å²) in [6.45, 7) is 0. The van der Waals surface area contributed by atoms with Crippen LogP contribution < -0.4 is 20.3 Å². The van der Waals surface area contributed by atoms with Crippen LogP contribution in [0.1, 0.15) is 24.1 Å². The second-order valence-electron chi connectivity index (χ2n) is 5.24. The fraction of sp³-hybridized carbons (Fsp3) is 0.375. The van der Waals surface area contributed by atoms with Crippen molar-refractivity contribution in [2.75, 3.05) is 19.5 Å². The Labute approximate surface area is 128 Å². The molecule has 1 aromatic heterocycles. The van der Waals surface area contributed by atoms with Crippen LogP contribution in [0.15, 0.2) is 23.0 Å². The van der Waals surface area contributed by atoms with Crippen molar-refractivity contribution in [3.8, 4) is 11.5 Å². The molecule has 0 aliphatic heterocycles. The van der Waals surface area contributed by atoms with Gasteiger partial charge in [-0.1, -0.05) is 0 Å². The Kier molecular flexibility index (Phi) is 4.00. The molecule has 1 aliphatic carbocycles.